The Morgan fingerprint density at radius 1 is 1.19 bits per heavy atom. The molecular weight excluding hydrogens is 420 g/mol. The first-order valence-corrected chi connectivity index (χ1v) is 8.96. The first-order chi connectivity index (χ1) is 14.4. The van der Waals surface area contributed by atoms with E-state index in [0.717, 1.165) is 29.0 Å². The van der Waals surface area contributed by atoms with Gasteiger partial charge in [0.05, 0.1) is 11.1 Å². The number of Topliss-reactive ketones (excluding diaryl/α,β-unsaturated/α-hetero) is 1. The number of carbonyl (C=O) groups excluding carboxylic acids is 3. The van der Waals surface area contributed by atoms with Gasteiger partial charge in [0.15, 0.2) is 5.82 Å². The highest BCUT2D eigenvalue weighted by atomic mass is 19.3. The van der Waals surface area contributed by atoms with Gasteiger partial charge in [0, 0.05) is 37.3 Å². The average Bonchev–Trinajstić information content (AvgIpc) is 2.94. The predicted molar refractivity (Wildman–Crippen MR) is 99.5 cm³/mol. The minimum absolute atomic E-state index is 0.00741. The highest BCUT2D eigenvalue weighted by Gasteiger charge is 2.54. The molecule has 2 aromatic rings. The zero-order valence-electron chi connectivity index (χ0n) is 16.4. The van der Waals surface area contributed by atoms with E-state index in [1.807, 2.05) is 0 Å². The Bertz CT molecular complexity index is 1140. The smallest absolute Gasteiger partial charge is 0.292 e. The van der Waals surface area contributed by atoms with Gasteiger partial charge in [-0.1, -0.05) is 0 Å². The second-order valence-corrected chi connectivity index (χ2v) is 7.63. The van der Waals surface area contributed by atoms with E-state index in [0.29, 0.717) is 0 Å². The Balaban J connectivity index is 1.78. The fourth-order valence-electron chi connectivity index (χ4n) is 3.53. The van der Waals surface area contributed by atoms with Crippen molar-refractivity contribution in [3.63, 3.8) is 0 Å². The Hall–Kier alpha value is -3.68. The van der Waals surface area contributed by atoms with Gasteiger partial charge in [0.25, 0.3) is 23.5 Å². The van der Waals surface area contributed by atoms with Crippen LogP contribution in [-0.2, 0) is 11.8 Å². The molecule has 1 fully saturated rings. The van der Waals surface area contributed by atoms with Crippen LogP contribution in [0.3, 0.4) is 0 Å². The normalized spacial score (nSPS) is 16.0. The molecule has 0 unspecified atom stereocenters. The van der Waals surface area contributed by atoms with Gasteiger partial charge in [0.2, 0.25) is 0 Å². The van der Waals surface area contributed by atoms with Crippen LogP contribution < -0.4 is 10.6 Å². The summed E-state index contributed by atoms with van der Waals surface area (Å²) < 4.78 is 55.3. The Labute approximate surface area is 173 Å². The van der Waals surface area contributed by atoms with Crippen molar-refractivity contribution in [2.45, 2.75) is 31.2 Å². The molecule has 31 heavy (non-hydrogen) atoms. The van der Waals surface area contributed by atoms with Crippen LogP contribution in [0, 0.1) is 23.0 Å². The van der Waals surface area contributed by atoms with Crippen molar-refractivity contribution in [2.75, 3.05) is 5.32 Å². The maximum atomic E-state index is 14.8. The molecule has 1 aliphatic rings. The van der Waals surface area contributed by atoms with Gasteiger partial charge < -0.3 is 15.2 Å². The average molecular weight is 436 g/mol. The molecule has 1 heterocycles. The summed E-state index contributed by atoms with van der Waals surface area (Å²) in [6.45, 7) is 1.34. The number of alkyl halides is 2. The lowest BCUT2D eigenvalue weighted by atomic mass is 9.75. The van der Waals surface area contributed by atoms with E-state index >= 15 is 0 Å². The molecule has 0 bridgehead atoms. The molecule has 0 atom stereocenters. The largest absolute Gasteiger partial charge is 0.344 e. The maximum Gasteiger partial charge on any atom is 0.292 e. The molecule has 7 nitrogen and oxygen atoms in total. The molecule has 0 spiro atoms. The van der Waals surface area contributed by atoms with Crippen LogP contribution in [0.1, 0.15) is 46.2 Å². The minimum atomic E-state index is -2.94. The second kappa shape index (κ2) is 7.54. The monoisotopic (exact) mass is 436 g/mol. The summed E-state index contributed by atoms with van der Waals surface area (Å²) in [5.74, 6) is -8.64. The number of aryl methyl sites for hydroxylation is 1. The van der Waals surface area contributed by atoms with Gasteiger partial charge in [-0.05, 0) is 25.1 Å². The van der Waals surface area contributed by atoms with Crippen molar-refractivity contribution < 1.29 is 31.9 Å². The van der Waals surface area contributed by atoms with Crippen LogP contribution in [0.25, 0.3) is 0 Å². The Morgan fingerprint density at radius 3 is 2.42 bits per heavy atom. The van der Waals surface area contributed by atoms with Gasteiger partial charge in [-0.2, -0.15) is 5.26 Å². The number of carbonyl (C=O) groups is 3. The molecule has 1 aromatic carbocycles. The number of nitriles is 1. The highest BCUT2D eigenvalue weighted by molar-refractivity contribution is 6.43. The molecule has 3 rings (SSSR count). The molecule has 11 heteroatoms. The standard InChI is InChI=1S/C20H16F4N4O3/c1-19(8-20(23,24)9-19)27-18(31)16(29)12-7-28(2)15(14(12)22)17(30)26-11-3-4-13(21)10(5-11)6-25/h3-5,7H,8-9H2,1-2H3,(H,26,30)(H,27,31). The number of rotatable bonds is 5. The SMILES string of the molecule is Cn1cc(C(=O)C(=O)NC2(C)CC(F)(F)C2)c(F)c1C(=O)Nc1ccc(F)c(C#N)c1. The lowest BCUT2D eigenvalue weighted by Crippen LogP contribution is -2.61. The van der Waals surface area contributed by atoms with E-state index in [1.54, 1.807) is 6.07 Å². The number of aromatic nitrogens is 1. The summed E-state index contributed by atoms with van der Waals surface area (Å²) in [4.78, 5) is 37.0. The van der Waals surface area contributed by atoms with Crippen LogP contribution in [0.4, 0.5) is 23.2 Å². The molecule has 1 aliphatic carbocycles. The zero-order valence-corrected chi connectivity index (χ0v) is 16.4. The Morgan fingerprint density at radius 2 is 1.84 bits per heavy atom. The van der Waals surface area contributed by atoms with Gasteiger partial charge in [-0.15, -0.1) is 0 Å². The molecule has 0 saturated heterocycles. The number of halogens is 4. The topological polar surface area (TPSA) is 104 Å². The summed E-state index contributed by atoms with van der Waals surface area (Å²) in [6.07, 6.45) is -0.367. The van der Waals surface area contributed by atoms with Gasteiger partial charge >= 0.3 is 0 Å². The van der Waals surface area contributed by atoms with Gasteiger partial charge in [-0.3, -0.25) is 14.4 Å². The van der Waals surface area contributed by atoms with E-state index in [2.05, 4.69) is 10.6 Å². The minimum Gasteiger partial charge on any atom is -0.344 e. The molecule has 0 radical (unpaired) electrons. The molecule has 0 aliphatic heterocycles. The van der Waals surface area contributed by atoms with Crippen molar-refractivity contribution in [3.8, 4) is 6.07 Å². The molecule has 2 N–H and O–H groups in total. The van der Waals surface area contributed by atoms with Crippen LogP contribution in [-0.4, -0.2) is 33.6 Å². The lowest BCUT2D eigenvalue weighted by molar-refractivity contribution is -0.140. The number of hydrogen-bond donors (Lipinski definition) is 2. The van der Waals surface area contributed by atoms with Crippen LogP contribution in [0.15, 0.2) is 24.4 Å². The molecular formula is C20H16F4N4O3. The molecule has 1 saturated carbocycles. The number of anilines is 1. The highest BCUT2D eigenvalue weighted by Crippen LogP contribution is 2.45. The first-order valence-electron chi connectivity index (χ1n) is 8.96. The predicted octanol–water partition coefficient (Wildman–Crippen LogP) is 2.91. The third-order valence-corrected chi connectivity index (χ3v) is 4.84. The lowest BCUT2D eigenvalue weighted by Gasteiger charge is -2.44. The van der Waals surface area contributed by atoms with Crippen molar-refractivity contribution in [3.05, 3.63) is 52.9 Å². The summed E-state index contributed by atoms with van der Waals surface area (Å²) in [5.41, 5.74) is -2.93. The number of nitrogens with one attached hydrogen (secondary N) is 2. The van der Waals surface area contributed by atoms with Crippen molar-refractivity contribution >= 4 is 23.3 Å². The van der Waals surface area contributed by atoms with Crippen molar-refractivity contribution in [1.82, 2.24) is 9.88 Å². The number of nitrogens with zero attached hydrogens (tertiary/aromatic N) is 2. The van der Waals surface area contributed by atoms with Crippen LogP contribution >= 0.6 is 0 Å². The van der Waals surface area contributed by atoms with Crippen LogP contribution in [0.2, 0.25) is 0 Å². The van der Waals surface area contributed by atoms with E-state index in [9.17, 15) is 31.9 Å². The number of benzene rings is 1. The van der Waals surface area contributed by atoms with E-state index in [1.165, 1.54) is 14.0 Å². The maximum absolute atomic E-state index is 14.8. The fourth-order valence-corrected chi connectivity index (χ4v) is 3.53. The first kappa shape index (κ1) is 22.0. The number of amides is 2. The Kier molecular flexibility index (Phi) is 5.35. The summed E-state index contributed by atoms with van der Waals surface area (Å²) in [5, 5.41) is 13.3. The van der Waals surface area contributed by atoms with Crippen LogP contribution in [0.5, 0.6) is 0 Å². The fraction of sp³-hybridized carbons (Fsp3) is 0.300. The van der Waals surface area contributed by atoms with E-state index < -0.39 is 64.8 Å². The quantitative estimate of drug-likeness (QED) is 0.427. The summed E-state index contributed by atoms with van der Waals surface area (Å²) >= 11 is 0. The van der Waals surface area contributed by atoms with Crippen molar-refractivity contribution in [1.29, 1.82) is 5.26 Å². The molecule has 162 valence electrons. The van der Waals surface area contributed by atoms with Crippen molar-refractivity contribution in [2.24, 2.45) is 7.05 Å². The van der Waals surface area contributed by atoms with E-state index in [4.69, 9.17) is 5.26 Å². The molecule has 1 aromatic heterocycles. The number of hydrogen-bond acceptors (Lipinski definition) is 4. The van der Waals surface area contributed by atoms with Gasteiger partial charge in [0.1, 0.15) is 17.6 Å². The number of ketones is 1. The summed E-state index contributed by atoms with van der Waals surface area (Å²) in [6, 6.07) is 4.74. The van der Waals surface area contributed by atoms with E-state index in [-0.39, 0.29) is 11.3 Å². The third-order valence-electron chi connectivity index (χ3n) is 4.84. The third kappa shape index (κ3) is 4.28. The van der Waals surface area contributed by atoms with Gasteiger partial charge in [-0.25, -0.2) is 17.6 Å². The summed E-state index contributed by atoms with van der Waals surface area (Å²) in [7, 11) is 1.26. The molecule has 2 amide bonds. The zero-order chi connectivity index (χ0) is 23.1. The second-order valence-electron chi connectivity index (χ2n) is 7.63.